The summed E-state index contributed by atoms with van der Waals surface area (Å²) in [7, 11) is 0. The molecule has 1 aromatic carbocycles. The van der Waals surface area contributed by atoms with Crippen molar-refractivity contribution in [2.45, 2.75) is 19.8 Å². The van der Waals surface area contributed by atoms with E-state index in [1.54, 1.807) is 4.90 Å². The fraction of sp³-hybridized carbons (Fsp3) is 0.458. The molecule has 2 aliphatic rings. The molecule has 8 nitrogen and oxygen atoms in total. The van der Waals surface area contributed by atoms with Crippen LogP contribution in [0.5, 0.6) is 0 Å². The van der Waals surface area contributed by atoms with E-state index in [-0.39, 0.29) is 30.2 Å². The second-order valence-electron chi connectivity index (χ2n) is 8.53. The van der Waals surface area contributed by atoms with E-state index in [9.17, 15) is 14.4 Å². The number of carbonyl (C=O) groups excluding carboxylic acids is 3. The second-order valence-corrected chi connectivity index (χ2v) is 9.55. The molecule has 2 aliphatic heterocycles. The number of likely N-dealkylation sites (tertiary alicyclic amines) is 1. The van der Waals surface area contributed by atoms with Gasteiger partial charge in [-0.1, -0.05) is 30.3 Å². The maximum Gasteiger partial charge on any atom is 0.257 e. The molecule has 0 atom stereocenters. The number of anilines is 1. The predicted octanol–water partition coefficient (Wildman–Crippen LogP) is 2.33. The molecule has 0 aliphatic carbocycles. The molecule has 0 radical (unpaired) electrons. The van der Waals surface area contributed by atoms with Gasteiger partial charge in [0, 0.05) is 23.9 Å². The number of nitrogens with two attached hydrogens (primary N) is 1. The molecule has 9 heteroatoms. The Balaban J connectivity index is 1.54. The summed E-state index contributed by atoms with van der Waals surface area (Å²) >= 11 is 1.44. The SMILES string of the molecule is Cc1c(-c2ccccc2)sc(NC(=O)CN2CCC(C(N)=O)CC2)c1C(=O)N1CCOCC1. The van der Waals surface area contributed by atoms with Crippen molar-refractivity contribution in [3.8, 4) is 10.4 Å². The van der Waals surface area contributed by atoms with Crippen molar-refractivity contribution in [2.24, 2.45) is 11.7 Å². The number of hydrogen-bond donors (Lipinski definition) is 2. The van der Waals surface area contributed by atoms with Crippen molar-refractivity contribution in [3.63, 3.8) is 0 Å². The highest BCUT2D eigenvalue weighted by Crippen LogP contribution is 2.40. The lowest BCUT2D eigenvalue weighted by Crippen LogP contribution is -2.42. The van der Waals surface area contributed by atoms with Crippen LogP contribution in [0.3, 0.4) is 0 Å². The first-order valence-corrected chi connectivity index (χ1v) is 12.1. The number of nitrogens with one attached hydrogen (secondary N) is 1. The Morgan fingerprint density at radius 1 is 1.09 bits per heavy atom. The Morgan fingerprint density at radius 2 is 1.76 bits per heavy atom. The Kier molecular flexibility index (Phi) is 7.42. The first kappa shape index (κ1) is 23.4. The highest BCUT2D eigenvalue weighted by molar-refractivity contribution is 7.20. The molecule has 2 aromatic rings. The van der Waals surface area contributed by atoms with Crippen LogP contribution in [0.1, 0.15) is 28.8 Å². The van der Waals surface area contributed by atoms with E-state index < -0.39 is 0 Å². The summed E-state index contributed by atoms with van der Waals surface area (Å²) in [6.45, 7) is 5.57. The normalized spacial score (nSPS) is 17.7. The van der Waals surface area contributed by atoms with Crippen molar-refractivity contribution in [2.75, 3.05) is 51.3 Å². The molecule has 0 unspecified atom stereocenters. The Morgan fingerprint density at radius 3 is 2.39 bits per heavy atom. The molecular formula is C24H30N4O4S. The smallest absolute Gasteiger partial charge is 0.257 e. The number of amides is 3. The van der Waals surface area contributed by atoms with Gasteiger partial charge in [0.25, 0.3) is 5.91 Å². The van der Waals surface area contributed by atoms with Crippen LogP contribution in [0, 0.1) is 12.8 Å². The van der Waals surface area contributed by atoms with Gasteiger partial charge < -0.3 is 20.7 Å². The summed E-state index contributed by atoms with van der Waals surface area (Å²) in [6, 6.07) is 9.90. The second kappa shape index (κ2) is 10.5. The monoisotopic (exact) mass is 470 g/mol. The number of carbonyl (C=O) groups is 3. The van der Waals surface area contributed by atoms with Gasteiger partial charge >= 0.3 is 0 Å². The number of benzene rings is 1. The molecule has 0 saturated carbocycles. The molecule has 3 amide bonds. The van der Waals surface area contributed by atoms with E-state index in [2.05, 4.69) is 5.32 Å². The zero-order chi connectivity index (χ0) is 23.4. The van der Waals surface area contributed by atoms with Crippen LogP contribution in [0.15, 0.2) is 30.3 Å². The summed E-state index contributed by atoms with van der Waals surface area (Å²) in [5.74, 6) is -0.625. The fourth-order valence-electron chi connectivity index (χ4n) is 4.39. The third kappa shape index (κ3) is 5.43. The van der Waals surface area contributed by atoms with E-state index in [1.807, 2.05) is 42.2 Å². The summed E-state index contributed by atoms with van der Waals surface area (Å²) in [5.41, 5.74) is 7.86. The van der Waals surface area contributed by atoms with Gasteiger partial charge in [0.1, 0.15) is 5.00 Å². The molecule has 1 aromatic heterocycles. The average Bonchev–Trinajstić information content (AvgIpc) is 3.15. The molecule has 4 rings (SSSR count). The minimum absolute atomic E-state index is 0.0770. The minimum Gasteiger partial charge on any atom is -0.378 e. The molecule has 176 valence electrons. The lowest BCUT2D eigenvalue weighted by molar-refractivity contribution is -0.123. The Bertz CT molecular complexity index is 1010. The number of morpholine rings is 1. The van der Waals surface area contributed by atoms with Crippen LogP contribution in [-0.4, -0.2) is 73.5 Å². The first-order valence-electron chi connectivity index (χ1n) is 11.3. The fourth-order valence-corrected chi connectivity index (χ4v) is 5.61. The number of primary amides is 1. The molecule has 3 N–H and O–H groups in total. The van der Waals surface area contributed by atoms with Crippen LogP contribution in [0.4, 0.5) is 5.00 Å². The van der Waals surface area contributed by atoms with E-state index in [0.717, 1.165) is 16.0 Å². The summed E-state index contributed by atoms with van der Waals surface area (Å²) in [4.78, 5) is 42.5. The minimum atomic E-state index is -0.270. The van der Waals surface area contributed by atoms with E-state index in [4.69, 9.17) is 10.5 Å². The lowest BCUT2D eigenvalue weighted by Gasteiger charge is -2.30. The third-order valence-electron chi connectivity index (χ3n) is 6.31. The quantitative estimate of drug-likeness (QED) is 0.674. The molecular weight excluding hydrogens is 440 g/mol. The largest absolute Gasteiger partial charge is 0.378 e. The Labute approximate surface area is 197 Å². The van der Waals surface area contributed by atoms with Crippen molar-refractivity contribution in [3.05, 3.63) is 41.5 Å². The number of thiophene rings is 1. The van der Waals surface area contributed by atoms with E-state index in [1.165, 1.54) is 11.3 Å². The third-order valence-corrected chi connectivity index (χ3v) is 7.56. The topological polar surface area (TPSA) is 105 Å². The number of nitrogens with zero attached hydrogens (tertiary/aromatic N) is 2. The van der Waals surface area contributed by atoms with Crippen LogP contribution < -0.4 is 11.1 Å². The molecule has 0 bridgehead atoms. The zero-order valence-electron chi connectivity index (χ0n) is 18.8. The van der Waals surface area contributed by atoms with Crippen LogP contribution in [-0.2, 0) is 14.3 Å². The highest BCUT2D eigenvalue weighted by atomic mass is 32.1. The number of hydrogen-bond acceptors (Lipinski definition) is 6. The van der Waals surface area contributed by atoms with Crippen molar-refractivity contribution in [1.29, 1.82) is 0 Å². The molecule has 2 fully saturated rings. The van der Waals surface area contributed by atoms with Gasteiger partial charge in [-0.2, -0.15) is 0 Å². The predicted molar refractivity (Wildman–Crippen MR) is 128 cm³/mol. The van der Waals surface area contributed by atoms with Gasteiger partial charge in [-0.25, -0.2) is 0 Å². The maximum absolute atomic E-state index is 13.4. The Hall–Kier alpha value is -2.75. The van der Waals surface area contributed by atoms with Crippen LogP contribution >= 0.6 is 11.3 Å². The van der Waals surface area contributed by atoms with Gasteiger partial charge in [0.2, 0.25) is 11.8 Å². The van der Waals surface area contributed by atoms with Gasteiger partial charge in [-0.05, 0) is 44.0 Å². The number of rotatable bonds is 6. The van der Waals surface area contributed by atoms with E-state index in [0.29, 0.717) is 62.8 Å². The van der Waals surface area contributed by atoms with Crippen LogP contribution in [0.25, 0.3) is 10.4 Å². The standard InChI is InChI=1S/C24H30N4O4S/c1-16-20(24(31)28-11-13-32-14-12-28)23(33-21(16)17-5-3-2-4-6-17)26-19(29)15-27-9-7-18(8-10-27)22(25)30/h2-6,18H,7-15H2,1H3,(H2,25,30)(H,26,29). The summed E-state index contributed by atoms with van der Waals surface area (Å²) in [5, 5.41) is 3.59. The zero-order valence-corrected chi connectivity index (χ0v) is 19.7. The molecule has 33 heavy (non-hydrogen) atoms. The van der Waals surface area contributed by atoms with Crippen molar-refractivity contribution >= 4 is 34.1 Å². The molecule has 3 heterocycles. The van der Waals surface area contributed by atoms with Gasteiger partial charge in [0.05, 0.1) is 25.3 Å². The summed E-state index contributed by atoms with van der Waals surface area (Å²) < 4.78 is 5.40. The molecule has 2 saturated heterocycles. The first-order chi connectivity index (χ1) is 15.9. The molecule has 0 spiro atoms. The lowest BCUT2D eigenvalue weighted by atomic mass is 9.96. The number of ether oxygens (including phenoxy) is 1. The average molecular weight is 471 g/mol. The summed E-state index contributed by atoms with van der Waals surface area (Å²) in [6.07, 6.45) is 1.33. The van der Waals surface area contributed by atoms with Gasteiger partial charge in [-0.15, -0.1) is 11.3 Å². The van der Waals surface area contributed by atoms with Crippen molar-refractivity contribution in [1.82, 2.24) is 9.80 Å². The van der Waals surface area contributed by atoms with Crippen LogP contribution in [0.2, 0.25) is 0 Å². The van der Waals surface area contributed by atoms with Gasteiger partial charge in [0.15, 0.2) is 0 Å². The van der Waals surface area contributed by atoms with Crippen molar-refractivity contribution < 1.29 is 19.1 Å². The number of piperidine rings is 1. The van der Waals surface area contributed by atoms with E-state index >= 15 is 0 Å². The maximum atomic E-state index is 13.4. The van der Waals surface area contributed by atoms with Gasteiger partial charge in [-0.3, -0.25) is 19.3 Å². The highest BCUT2D eigenvalue weighted by Gasteiger charge is 2.29.